The minimum Gasteiger partial charge on any atom is -0.361 e. The Bertz CT molecular complexity index is 895. The van der Waals surface area contributed by atoms with Crippen LogP contribution in [0.1, 0.15) is 43.2 Å². The summed E-state index contributed by atoms with van der Waals surface area (Å²) in [5, 5.41) is 3.04. The molecule has 0 bridgehead atoms. The molecule has 2 aliphatic heterocycles. The highest BCUT2D eigenvalue weighted by Crippen LogP contribution is 2.38. The van der Waals surface area contributed by atoms with E-state index in [0.717, 1.165) is 50.3 Å². The Kier molecular flexibility index (Phi) is 5.84. The third kappa shape index (κ3) is 4.44. The summed E-state index contributed by atoms with van der Waals surface area (Å²) in [6.45, 7) is 4.96. The highest BCUT2D eigenvalue weighted by atomic mass is 16.2. The van der Waals surface area contributed by atoms with Crippen LogP contribution in [-0.2, 0) is 16.0 Å². The van der Waals surface area contributed by atoms with Crippen LogP contribution < -0.4 is 10.2 Å². The molecule has 2 aliphatic rings. The van der Waals surface area contributed by atoms with E-state index in [4.69, 9.17) is 0 Å². The van der Waals surface area contributed by atoms with Gasteiger partial charge >= 0.3 is 0 Å². The molecule has 1 fully saturated rings. The van der Waals surface area contributed by atoms with Gasteiger partial charge in [0, 0.05) is 43.3 Å². The van der Waals surface area contributed by atoms with E-state index in [9.17, 15) is 9.59 Å². The van der Waals surface area contributed by atoms with Crippen LogP contribution >= 0.6 is 0 Å². The van der Waals surface area contributed by atoms with Gasteiger partial charge in [-0.15, -0.1) is 0 Å². The second-order valence-electron chi connectivity index (χ2n) is 8.01. The van der Waals surface area contributed by atoms with E-state index in [1.165, 1.54) is 11.1 Å². The van der Waals surface area contributed by atoms with Gasteiger partial charge in [-0.05, 0) is 48.6 Å². The quantitative estimate of drug-likeness (QED) is 0.781. The summed E-state index contributed by atoms with van der Waals surface area (Å²) in [4.78, 5) is 28.8. The fourth-order valence-corrected chi connectivity index (χ4v) is 4.47. The van der Waals surface area contributed by atoms with Crippen molar-refractivity contribution in [3.63, 3.8) is 0 Å². The maximum absolute atomic E-state index is 12.7. The summed E-state index contributed by atoms with van der Waals surface area (Å²) in [5.74, 6) is 0.640. The highest BCUT2D eigenvalue weighted by molar-refractivity contribution is 5.94. The molecule has 2 amide bonds. The molecule has 0 saturated carbocycles. The number of fused-ring (bicyclic) bond motifs is 1. The average molecular weight is 392 g/mol. The second kappa shape index (κ2) is 8.68. The normalized spacial score (nSPS) is 18.2. The number of likely N-dealkylation sites (tertiary alicyclic amines) is 1. The average Bonchev–Trinajstić information content (AvgIpc) is 3.30. The fourth-order valence-electron chi connectivity index (χ4n) is 4.47. The summed E-state index contributed by atoms with van der Waals surface area (Å²) in [6, 6.07) is 16.4. The largest absolute Gasteiger partial charge is 0.361 e. The monoisotopic (exact) mass is 391 g/mol. The molecule has 4 rings (SSSR count). The van der Waals surface area contributed by atoms with E-state index in [0.29, 0.717) is 18.9 Å². The third-order valence-corrected chi connectivity index (χ3v) is 6.03. The summed E-state index contributed by atoms with van der Waals surface area (Å²) in [5.41, 5.74) is 4.50. The Hall–Kier alpha value is -2.82. The highest BCUT2D eigenvalue weighted by Gasteiger charge is 2.30. The number of nitrogens with one attached hydrogen (secondary N) is 1. The van der Waals surface area contributed by atoms with Crippen LogP contribution in [-0.4, -0.2) is 42.9 Å². The first-order valence-electron chi connectivity index (χ1n) is 10.6. The summed E-state index contributed by atoms with van der Waals surface area (Å²) < 4.78 is 0. The number of para-hydroxylation sites is 1. The van der Waals surface area contributed by atoms with Crippen molar-refractivity contribution in [2.75, 3.05) is 36.4 Å². The number of nitrogens with zero attached hydrogens (tertiary/aromatic N) is 2. The number of rotatable bonds is 7. The molecule has 152 valence electrons. The van der Waals surface area contributed by atoms with Gasteiger partial charge in [0.2, 0.25) is 11.8 Å². The second-order valence-corrected chi connectivity index (χ2v) is 8.01. The third-order valence-electron chi connectivity index (χ3n) is 6.03. The van der Waals surface area contributed by atoms with Crippen molar-refractivity contribution >= 4 is 23.2 Å². The van der Waals surface area contributed by atoms with Crippen molar-refractivity contribution in [3.05, 3.63) is 59.7 Å². The molecule has 1 N–H and O–H groups in total. The summed E-state index contributed by atoms with van der Waals surface area (Å²) in [6.07, 6.45) is 3.56. The number of hydrogen-bond acceptors (Lipinski definition) is 3. The number of anilines is 2. The van der Waals surface area contributed by atoms with Crippen LogP contribution in [0.4, 0.5) is 11.4 Å². The van der Waals surface area contributed by atoms with Crippen molar-refractivity contribution in [2.45, 2.75) is 38.5 Å². The van der Waals surface area contributed by atoms with Gasteiger partial charge in [0.15, 0.2) is 0 Å². The number of benzene rings is 2. The molecule has 0 radical (unpaired) electrons. The first-order chi connectivity index (χ1) is 14.1. The Labute approximate surface area is 172 Å². The van der Waals surface area contributed by atoms with E-state index < -0.39 is 0 Å². The lowest BCUT2D eigenvalue weighted by Crippen LogP contribution is -2.33. The zero-order valence-electron chi connectivity index (χ0n) is 17.1. The first kappa shape index (κ1) is 19.5. The SMILES string of the molecule is CCc1cccc(NC(=O)CN2CC(CCN3CCCC3=O)c3ccccc32)c1. The number of carbonyl (C=O) groups is 2. The van der Waals surface area contributed by atoms with Crippen molar-refractivity contribution in [3.8, 4) is 0 Å². The van der Waals surface area contributed by atoms with E-state index in [2.05, 4.69) is 41.4 Å². The van der Waals surface area contributed by atoms with E-state index in [1.54, 1.807) is 0 Å². The lowest BCUT2D eigenvalue weighted by atomic mass is 9.98. The van der Waals surface area contributed by atoms with Crippen molar-refractivity contribution in [1.29, 1.82) is 0 Å². The lowest BCUT2D eigenvalue weighted by Gasteiger charge is -2.21. The predicted molar refractivity (Wildman–Crippen MR) is 116 cm³/mol. The number of amides is 2. The summed E-state index contributed by atoms with van der Waals surface area (Å²) in [7, 11) is 0. The molecule has 0 spiro atoms. The van der Waals surface area contributed by atoms with Gasteiger partial charge in [-0.2, -0.15) is 0 Å². The molecule has 1 atom stereocenters. The fraction of sp³-hybridized carbons (Fsp3) is 0.417. The molecule has 2 aromatic rings. The predicted octanol–water partition coefficient (Wildman–Crippen LogP) is 3.80. The summed E-state index contributed by atoms with van der Waals surface area (Å²) >= 11 is 0. The van der Waals surface area contributed by atoms with Crippen molar-refractivity contribution < 1.29 is 9.59 Å². The molecule has 0 aromatic heterocycles. The van der Waals surface area contributed by atoms with Gasteiger partial charge < -0.3 is 15.1 Å². The van der Waals surface area contributed by atoms with Gasteiger partial charge in [0.05, 0.1) is 6.54 Å². The number of carbonyl (C=O) groups excluding carboxylic acids is 2. The topological polar surface area (TPSA) is 52.7 Å². The van der Waals surface area contributed by atoms with Gasteiger partial charge in [0.25, 0.3) is 0 Å². The Morgan fingerprint density at radius 1 is 1.14 bits per heavy atom. The molecule has 5 nitrogen and oxygen atoms in total. The molecule has 5 heteroatoms. The zero-order chi connectivity index (χ0) is 20.2. The van der Waals surface area contributed by atoms with Crippen molar-refractivity contribution in [1.82, 2.24) is 4.90 Å². The van der Waals surface area contributed by atoms with E-state index in [1.807, 2.05) is 29.2 Å². The maximum Gasteiger partial charge on any atom is 0.243 e. The molecule has 0 aliphatic carbocycles. The molecule has 1 unspecified atom stereocenters. The van der Waals surface area contributed by atoms with Crippen LogP contribution in [0, 0.1) is 0 Å². The molecule has 1 saturated heterocycles. The van der Waals surface area contributed by atoms with Crippen LogP contribution in [0.5, 0.6) is 0 Å². The van der Waals surface area contributed by atoms with E-state index in [-0.39, 0.29) is 11.8 Å². The van der Waals surface area contributed by atoms with Crippen molar-refractivity contribution in [2.24, 2.45) is 0 Å². The minimum atomic E-state index is 0.00317. The number of hydrogen-bond donors (Lipinski definition) is 1. The standard InChI is InChI=1S/C24H29N3O2/c1-2-18-7-5-8-20(15-18)25-23(28)17-27-16-19(21-9-3-4-10-22(21)27)12-14-26-13-6-11-24(26)29/h3-5,7-10,15,19H,2,6,11-14,16-17H2,1H3,(H,25,28). The lowest BCUT2D eigenvalue weighted by molar-refractivity contribution is -0.127. The smallest absolute Gasteiger partial charge is 0.243 e. The molecule has 2 aromatic carbocycles. The first-order valence-corrected chi connectivity index (χ1v) is 10.6. The van der Waals surface area contributed by atoms with Gasteiger partial charge in [-0.3, -0.25) is 9.59 Å². The van der Waals surface area contributed by atoms with Gasteiger partial charge in [0.1, 0.15) is 0 Å². The van der Waals surface area contributed by atoms with Crippen LogP contribution in [0.15, 0.2) is 48.5 Å². The van der Waals surface area contributed by atoms with E-state index >= 15 is 0 Å². The Balaban J connectivity index is 1.40. The minimum absolute atomic E-state index is 0.00317. The Morgan fingerprint density at radius 2 is 2.00 bits per heavy atom. The molecule has 29 heavy (non-hydrogen) atoms. The van der Waals surface area contributed by atoms with Crippen LogP contribution in [0.3, 0.4) is 0 Å². The maximum atomic E-state index is 12.7. The molecule has 2 heterocycles. The zero-order valence-corrected chi connectivity index (χ0v) is 17.1. The number of aryl methyl sites for hydroxylation is 1. The molecular formula is C24H29N3O2. The van der Waals surface area contributed by atoms with Crippen LogP contribution in [0.2, 0.25) is 0 Å². The molecular weight excluding hydrogens is 362 g/mol. The van der Waals surface area contributed by atoms with Gasteiger partial charge in [-0.1, -0.05) is 37.3 Å². The van der Waals surface area contributed by atoms with Gasteiger partial charge in [-0.25, -0.2) is 0 Å². The Morgan fingerprint density at radius 3 is 2.79 bits per heavy atom. The van der Waals surface area contributed by atoms with Crippen LogP contribution in [0.25, 0.3) is 0 Å².